The summed E-state index contributed by atoms with van der Waals surface area (Å²) in [7, 11) is 0. The summed E-state index contributed by atoms with van der Waals surface area (Å²) in [6.07, 6.45) is 2.54. The number of nitrogens with one attached hydrogen (secondary N) is 2. The summed E-state index contributed by atoms with van der Waals surface area (Å²) >= 11 is 0. The van der Waals surface area contributed by atoms with Crippen molar-refractivity contribution in [1.29, 1.82) is 0 Å². The lowest BCUT2D eigenvalue weighted by atomic mass is 10.0. The fourth-order valence-corrected chi connectivity index (χ4v) is 4.36. The number of halogens is 2. The zero-order valence-corrected chi connectivity index (χ0v) is 18.4. The number of aromatic amines is 1. The van der Waals surface area contributed by atoms with Crippen LogP contribution < -0.4 is 10.9 Å². The van der Waals surface area contributed by atoms with Gasteiger partial charge in [0.05, 0.1) is 11.4 Å². The molecule has 4 rings (SSSR count). The minimum Gasteiger partial charge on any atom is -0.339 e. The SMILES string of the molecule is Cc1ccc(F)c2c(=O)[nH]c(CCC(=O)N3CCN(C(=O)C4CCCN4)CC3)cc12.Cl. The van der Waals surface area contributed by atoms with Crippen molar-refractivity contribution in [2.45, 2.75) is 38.6 Å². The Balaban J connectivity index is 0.00000272. The Morgan fingerprint density at radius 2 is 1.87 bits per heavy atom. The van der Waals surface area contributed by atoms with Crippen LogP contribution >= 0.6 is 12.4 Å². The molecule has 0 radical (unpaired) electrons. The van der Waals surface area contributed by atoms with Gasteiger partial charge in [-0.3, -0.25) is 14.4 Å². The fraction of sp³-hybridized carbons (Fsp3) is 0.500. The topological polar surface area (TPSA) is 85.5 Å². The number of benzene rings is 1. The number of fused-ring (bicyclic) bond motifs is 1. The van der Waals surface area contributed by atoms with Gasteiger partial charge in [0.25, 0.3) is 5.56 Å². The van der Waals surface area contributed by atoms with E-state index < -0.39 is 11.4 Å². The first-order valence-electron chi connectivity index (χ1n) is 10.5. The van der Waals surface area contributed by atoms with Crippen LogP contribution in [0.2, 0.25) is 0 Å². The molecule has 2 aliphatic rings. The van der Waals surface area contributed by atoms with Gasteiger partial charge in [0, 0.05) is 38.3 Å². The second-order valence-corrected chi connectivity index (χ2v) is 8.13. The van der Waals surface area contributed by atoms with E-state index in [-0.39, 0.29) is 42.1 Å². The quantitative estimate of drug-likeness (QED) is 0.743. The molecular formula is C22H28ClFN4O3. The Bertz CT molecular complexity index is 1030. The molecule has 2 aromatic rings. The number of piperazine rings is 1. The van der Waals surface area contributed by atoms with Crippen molar-refractivity contribution < 1.29 is 14.0 Å². The van der Waals surface area contributed by atoms with Crippen LogP contribution in [-0.4, -0.2) is 65.4 Å². The van der Waals surface area contributed by atoms with Gasteiger partial charge < -0.3 is 20.1 Å². The number of H-pyrrole nitrogens is 1. The molecule has 2 amide bonds. The standard InChI is InChI=1S/C22H27FN4O3.ClH/c1-14-4-6-17(23)20-16(14)13-15(25-21(20)29)5-7-19(28)26-9-11-27(12-10-26)22(30)18-3-2-8-24-18;/h4,6,13,18,24H,2-3,5,7-12H2,1H3,(H,25,29);1H. The fourth-order valence-electron chi connectivity index (χ4n) is 4.36. The van der Waals surface area contributed by atoms with Gasteiger partial charge in [-0.05, 0) is 55.8 Å². The first kappa shape index (κ1) is 23.2. The van der Waals surface area contributed by atoms with Gasteiger partial charge in [-0.15, -0.1) is 12.4 Å². The Labute approximate surface area is 186 Å². The Morgan fingerprint density at radius 3 is 2.55 bits per heavy atom. The molecule has 1 aromatic heterocycles. The van der Waals surface area contributed by atoms with Crippen LogP contribution in [0.4, 0.5) is 4.39 Å². The van der Waals surface area contributed by atoms with E-state index in [1.54, 1.807) is 17.0 Å². The maximum Gasteiger partial charge on any atom is 0.259 e. The number of hydrogen-bond acceptors (Lipinski definition) is 4. The average molecular weight is 451 g/mol. The van der Waals surface area contributed by atoms with Crippen molar-refractivity contribution in [3.05, 3.63) is 45.6 Å². The summed E-state index contributed by atoms with van der Waals surface area (Å²) in [6.45, 7) is 4.86. The lowest BCUT2D eigenvalue weighted by molar-refractivity contribution is -0.140. The first-order chi connectivity index (χ1) is 14.4. The molecule has 0 bridgehead atoms. The van der Waals surface area contributed by atoms with E-state index >= 15 is 0 Å². The molecule has 2 saturated heterocycles. The highest BCUT2D eigenvalue weighted by atomic mass is 35.5. The summed E-state index contributed by atoms with van der Waals surface area (Å²) in [5.74, 6) is -0.409. The number of carbonyl (C=O) groups is 2. The van der Waals surface area contributed by atoms with Crippen molar-refractivity contribution in [2.24, 2.45) is 0 Å². The molecule has 31 heavy (non-hydrogen) atoms. The number of aryl methyl sites for hydroxylation is 2. The van der Waals surface area contributed by atoms with Crippen LogP contribution in [0.25, 0.3) is 10.8 Å². The van der Waals surface area contributed by atoms with E-state index in [0.717, 1.165) is 24.9 Å². The van der Waals surface area contributed by atoms with Gasteiger partial charge in [-0.25, -0.2) is 4.39 Å². The monoisotopic (exact) mass is 450 g/mol. The molecule has 1 unspecified atom stereocenters. The summed E-state index contributed by atoms with van der Waals surface area (Å²) in [5, 5.41) is 3.86. The van der Waals surface area contributed by atoms with Gasteiger partial charge in [0.2, 0.25) is 11.8 Å². The van der Waals surface area contributed by atoms with E-state index in [9.17, 15) is 18.8 Å². The maximum absolute atomic E-state index is 14.0. The number of amides is 2. The summed E-state index contributed by atoms with van der Waals surface area (Å²) in [4.78, 5) is 43.7. The molecular weight excluding hydrogens is 423 g/mol. The number of nitrogens with zero attached hydrogens (tertiary/aromatic N) is 2. The highest BCUT2D eigenvalue weighted by Gasteiger charge is 2.30. The van der Waals surface area contributed by atoms with Crippen LogP contribution in [0.3, 0.4) is 0 Å². The zero-order valence-electron chi connectivity index (χ0n) is 17.6. The predicted octanol–water partition coefficient (Wildman–Crippen LogP) is 1.75. The highest BCUT2D eigenvalue weighted by molar-refractivity contribution is 5.86. The minimum atomic E-state index is -0.542. The van der Waals surface area contributed by atoms with Crippen LogP contribution in [0.5, 0.6) is 0 Å². The molecule has 1 atom stereocenters. The number of carbonyl (C=O) groups excluding carboxylic acids is 2. The molecule has 2 N–H and O–H groups in total. The van der Waals surface area contributed by atoms with Gasteiger partial charge in [-0.1, -0.05) is 6.07 Å². The van der Waals surface area contributed by atoms with Crippen molar-refractivity contribution >= 4 is 35.0 Å². The lowest BCUT2D eigenvalue weighted by Crippen LogP contribution is -2.54. The third kappa shape index (κ3) is 4.91. The Morgan fingerprint density at radius 1 is 1.16 bits per heavy atom. The van der Waals surface area contributed by atoms with Crippen molar-refractivity contribution in [1.82, 2.24) is 20.1 Å². The summed E-state index contributed by atoms with van der Waals surface area (Å²) < 4.78 is 14.0. The second kappa shape index (κ2) is 9.78. The van der Waals surface area contributed by atoms with E-state index in [2.05, 4.69) is 10.3 Å². The molecule has 7 nitrogen and oxygen atoms in total. The second-order valence-electron chi connectivity index (χ2n) is 8.13. The molecule has 0 spiro atoms. The van der Waals surface area contributed by atoms with E-state index in [0.29, 0.717) is 43.7 Å². The largest absolute Gasteiger partial charge is 0.339 e. The minimum absolute atomic E-state index is 0. The van der Waals surface area contributed by atoms with Gasteiger partial charge in [0.1, 0.15) is 5.82 Å². The van der Waals surface area contributed by atoms with Gasteiger partial charge in [-0.2, -0.15) is 0 Å². The van der Waals surface area contributed by atoms with Crippen LogP contribution in [0, 0.1) is 12.7 Å². The smallest absolute Gasteiger partial charge is 0.259 e. The molecule has 168 valence electrons. The summed E-state index contributed by atoms with van der Waals surface area (Å²) in [6, 6.07) is 4.62. The first-order valence-corrected chi connectivity index (χ1v) is 10.5. The molecule has 0 aliphatic carbocycles. The number of hydrogen-bond donors (Lipinski definition) is 2. The molecule has 2 fully saturated rings. The highest BCUT2D eigenvalue weighted by Crippen LogP contribution is 2.19. The van der Waals surface area contributed by atoms with Crippen molar-refractivity contribution in [3.63, 3.8) is 0 Å². The van der Waals surface area contributed by atoms with E-state index in [1.807, 2.05) is 11.8 Å². The van der Waals surface area contributed by atoms with Crippen LogP contribution in [0.1, 0.15) is 30.5 Å². The van der Waals surface area contributed by atoms with Crippen LogP contribution in [0.15, 0.2) is 23.0 Å². The van der Waals surface area contributed by atoms with Crippen molar-refractivity contribution in [3.8, 4) is 0 Å². The lowest BCUT2D eigenvalue weighted by Gasteiger charge is -2.36. The van der Waals surface area contributed by atoms with Crippen LogP contribution in [-0.2, 0) is 16.0 Å². The predicted molar refractivity (Wildman–Crippen MR) is 119 cm³/mol. The third-order valence-corrected chi connectivity index (χ3v) is 6.14. The molecule has 0 saturated carbocycles. The Hall–Kier alpha value is -2.45. The number of aromatic nitrogens is 1. The van der Waals surface area contributed by atoms with E-state index in [1.165, 1.54) is 6.07 Å². The molecule has 1 aromatic carbocycles. The van der Waals surface area contributed by atoms with Gasteiger partial charge >= 0.3 is 0 Å². The number of pyridine rings is 1. The van der Waals surface area contributed by atoms with E-state index in [4.69, 9.17) is 0 Å². The normalized spacial score (nSPS) is 18.8. The third-order valence-electron chi connectivity index (χ3n) is 6.14. The Kier molecular flexibility index (Phi) is 7.33. The molecule has 9 heteroatoms. The number of rotatable bonds is 4. The summed E-state index contributed by atoms with van der Waals surface area (Å²) in [5.41, 5.74) is 0.974. The van der Waals surface area contributed by atoms with Crippen molar-refractivity contribution in [2.75, 3.05) is 32.7 Å². The average Bonchev–Trinajstić information content (AvgIpc) is 3.29. The zero-order chi connectivity index (χ0) is 21.3. The van der Waals surface area contributed by atoms with Gasteiger partial charge in [0.15, 0.2) is 0 Å². The molecule has 3 heterocycles. The molecule has 2 aliphatic heterocycles. The maximum atomic E-state index is 14.0.